The molecule has 1 N–H and O–H groups in total. The Kier molecular flexibility index (Phi) is 3.32. The minimum atomic E-state index is -0.492. The smallest absolute Gasteiger partial charge is 0.312 e. The third kappa shape index (κ3) is 2.29. The second kappa shape index (κ2) is 5.37. The second-order valence-corrected chi connectivity index (χ2v) is 6.27. The fourth-order valence-corrected chi connectivity index (χ4v) is 3.97. The van der Waals surface area contributed by atoms with Gasteiger partial charge in [0.25, 0.3) is 0 Å². The van der Waals surface area contributed by atoms with Crippen LogP contribution in [-0.2, 0) is 0 Å². The van der Waals surface area contributed by atoms with Crippen molar-refractivity contribution in [3.63, 3.8) is 0 Å². The first-order valence-electron chi connectivity index (χ1n) is 6.06. The predicted octanol–water partition coefficient (Wildman–Crippen LogP) is 3.07. The van der Waals surface area contributed by atoms with Gasteiger partial charge in [-0.2, -0.15) is 8.75 Å². The monoisotopic (exact) mass is 365 g/mol. The zero-order valence-corrected chi connectivity index (χ0v) is 13.3. The van der Waals surface area contributed by atoms with Gasteiger partial charge >= 0.3 is 5.69 Å². The summed E-state index contributed by atoms with van der Waals surface area (Å²) < 4.78 is 7.99. The molecule has 3 aromatic heterocycles. The molecule has 114 valence electrons. The van der Waals surface area contributed by atoms with E-state index in [1.165, 1.54) is 18.7 Å². The highest BCUT2D eigenvalue weighted by molar-refractivity contribution is 7.99. The molecule has 0 amide bonds. The van der Waals surface area contributed by atoms with Crippen molar-refractivity contribution in [3.8, 4) is 0 Å². The van der Waals surface area contributed by atoms with Crippen LogP contribution in [0.15, 0.2) is 28.6 Å². The normalized spacial score (nSPS) is 11.3. The van der Waals surface area contributed by atoms with Crippen LogP contribution in [-0.4, -0.2) is 33.6 Å². The number of nitrogens with one attached hydrogen (secondary N) is 1. The van der Waals surface area contributed by atoms with Gasteiger partial charge in [-0.15, -0.1) is 0 Å². The van der Waals surface area contributed by atoms with E-state index in [1.54, 1.807) is 0 Å². The number of imidazole rings is 1. The van der Waals surface area contributed by atoms with Gasteiger partial charge in [0.2, 0.25) is 0 Å². The lowest BCUT2D eigenvalue weighted by Gasteiger charge is -2.04. The Hall–Kier alpha value is -2.37. The fourth-order valence-electron chi connectivity index (χ4n) is 2.05. The number of fused-ring (bicyclic) bond motifs is 2. The summed E-state index contributed by atoms with van der Waals surface area (Å²) in [7, 11) is 0. The Morgan fingerprint density at radius 3 is 2.91 bits per heavy atom. The van der Waals surface area contributed by atoms with E-state index in [-0.39, 0.29) is 11.2 Å². The van der Waals surface area contributed by atoms with E-state index in [2.05, 4.69) is 28.7 Å². The van der Waals surface area contributed by atoms with Crippen molar-refractivity contribution in [2.24, 2.45) is 0 Å². The Morgan fingerprint density at radius 2 is 2.09 bits per heavy atom. The molecule has 0 fully saturated rings. The number of hydrogen-bond acceptors (Lipinski definition) is 9. The van der Waals surface area contributed by atoms with Crippen molar-refractivity contribution in [3.05, 3.63) is 33.9 Å². The van der Waals surface area contributed by atoms with Crippen molar-refractivity contribution in [1.29, 1.82) is 0 Å². The molecular weight excluding hydrogens is 362 g/mol. The molecule has 0 atom stereocenters. The van der Waals surface area contributed by atoms with Gasteiger partial charge in [-0.05, 0) is 6.07 Å². The molecule has 9 nitrogen and oxygen atoms in total. The van der Waals surface area contributed by atoms with Crippen LogP contribution in [0.1, 0.15) is 0 Å². The lowest BCUT2D eigenvalue weighted by atomic mass is 10.2. The second-order valence-electron chi connectivity index (χ2n) is 4.31. The van der Waals surface area contributed by atoms with Crippen molar-refractivity contribution in [2.45, 2.75) is 9.92 Å². The maximum atomic E-state index is 11.5. The van der Waals surface area contributed by atoms with Gasteiger partial charge in [0.15, 0.2) is 11.2 Å². The van der Waals surface area contributed by atoms with Crippen LogP contribution in [0.4, 0.5) is 5.69 Å². The molecule has 23 heavy (non-hydrogen) atoms. The highest BCUT2D eigenvalue weighted by atomic mass is 35.5. The lowest BCUT2D eigenvalue weighted by Crippen LogP contribution is -1.94. The first-order chi connectivity index (χ1) is 11.1. The van der Waals surface area contributed by atoms with Crippen LogP contribution in [0.25, 0.3) is 22.2 Å². The number of nitro benzene ring substituents is 1. The average molecular weight is 366 g/mol. The highest BCUT2D eigenvalue weighted by Gasteiger charge is 2.25. The van der Waals surface area contributed by atoms with Gasteiger partial charge in [0, 0.05) is 0 Å². The van der Waals surface area contributed by atoms with E-state index in [0.29, 0.717) is 31.6 Å². The lowest BCUT2D eigenvalue weighted by molar-refractivity contribution is -0.386. The first kappa shape index (κ1) is 14.2. The van der Waals surface area contributed by atoms with Crippen LogP contribution in [0.3, 0.4) is 0 Å². The van der Waals surface area contributed by atoms with E-state index in [0.717, 1.165) is 23.5 Å². The summed E-state index contributed by atoms with van der Waals surface area (Å²) >= 11 is 8.13. The molecule has 0 bridgehead atoms. The minimum Gasteiger partial charge on any atom is -0.341 e. The number of aromatic nitrogens is 6. The summed E-state index contributed by atoms with van der Waals surface area (Å²) in [6, 6.07) is 1.50. The van der Waals surface area contributed by atoms with Crippen LogP contribution < -0.4 is 0 Å². The Morgan fingerprint density at radius 1 is 1.26 bits per heavy atom. The average Bonchev–Trinajstić information content (AvgIpc) is 3.15. The summed E-state index contributed by atoms with van der Waals surface area (Å²) in [5, 5.41) is 12.3. The van der Waals surface area contributed by atoms with Crippen molar-refractivity contribution in [1.82, 2.24) is 28.7 Å². The Labute approximate surface area is 140 Å². The standard InChI is InChI=1S/C11H4ClN7O2S2/c12-4-1-5(9(19(20)21)7-6(4)17-23-18-7)22-11-8-10(14-2-13-8)15-3-16-11/h1-3H,(H,13,14,15,16). The Bertz CT molecular complexity index is 1060. The number of halogens is 1. The van der Waals surface area contributed by atoms with Gasteiger partial charge < -0.3 is 4.98 Å². The number of nitrogens with zero attached hydrogens (tertiary/aromatic N) is 6. The molecule has 0 saturated carbocycles. The van der Waals surface area contributed by atoms with Gasteiger partial charge in [0.05, 0.1) is 32.9 Å². The number of benzene rings is 1. The SMILES string of the molecule is O=[N+]([O-])c1c(Sc2ncnc3nc[nH]c23)cc(Cl)c2nsnc12. The summed E-state index contributed by atoms with van der Waals surface area (Å²) in [5.41, 5.74) is 1.42. The molecule has 0 radical (unpaired) electrons. The molecule has 4 aromatic rings. The van der Waals surface area contributed by atoms with Crippen LogP contribution in [0.5, 0.6) is 0 Å². The number of rotatable bonds is 3. The number of aromatic amines is 1. The van der Waals surface area contributed by atoms with Gasteiger partial charge in [-0.25, -0.2) is 15.0 Å². The van der Waals surface area contributed by atoms with Crippen molar-refractivity contribution in [2.75, 3.05) is 0 Å². The van der Waals surface area contributed by atoms with Gasteiger partial charge in [-0.1, -0.05) is 23.4 Å². The number of hydrogen-bond donors (Lipinski definition) is 1. The molecule has 0 aliphatic rings. The maximum absolute atomic E-state index is 11.5. The molecule has 0 saturated heterocycles. The molecule has 1 aromatic carbocycles. The molecule has 0 unspecified atom stereocenters. The van der Waals surface area contributed by atoms with E-state index < -0.39 is 4.92 Å². The van der Waals surface area contributed by atoms with Gasteiger partial charge in [0.1, 0.15) is 22.4 Å². The first-order valence-corrected chi connectivity index (χ1v) is 7.98. The topological polar surface area (TPSA) is 123 Å². The summed E-state index contributed by atoms with van der Waals surface area (Å²) in [4.78, 5) is 26.4. The van der Waals surface area contributed by atoms with Crippen molar-refractivity contribution >= 4 is 63.0 Å². The van der Waals surface area contributed by atoms with Crippen LogP contribution in [0.2, 0.25) is 5.02 Å². The van der Waals surface area contributed by atoms with Gasteiger partial charge in [-0.3, -0.25) is 10.1 Å². The molecular formula is C11H4ClN7O2S2. The summed E-state index contributed by atoms with van der Waals surface area (Å²) in [5.74, 6) is 0. The fraction of sp³-hybridized carbons (Fsp3) is 0. The molecule has 12 heteroatoms. The third-order valence-electron chi connectivity index (χ3n) is 3.01. The van der Waals surface area contributed by atoms with Crippen LogP contribution in [0, 0.1) is 10.1 Å². The highest BCUT2D eigenvalue weighted by Crippen LogP contribution is 2.42. The van der Waals surface area contributed by atoms with E-state index >= 15 is 0 Å². The number of nitro groups is 1. The number of H-pyrrole nitrogens is 1. The summed E-state index contributed by atoms with van der Waals surface area (Å²) in [6.45, 7) is 0. The third-order valence-corrected chi connectivity index (χ3v) is 4.86. The predicted molar refractivity (Wildman–Crippen MR) is 84.9 cm³/mol. The van der Waals surface area contributed by atoms with E-state index in [4.69, 9.17) is 11.6 Å². The molecule has 3 heterocycles. The zero-order valence-electron chi connectivity index (χ0n) is 10.9. The Balaban J connectivity index is 1.93. The van der Waals surface area contributed by atoms with Crippen molar-refractivity contribution < 1.29 is 4.92 Å². The molecule has 0 aliphatic carbocycles. The largest absolute Gasteiger partial charge is 0.341 e. The molecule has 4 rings (SSSR count). The van der Waals surface area contributed by atoms with Crippen LogP contribution >= 0.6 is 35.1 Å². The molecule has 0 aliphatic heterocycles. The van der Waals surface area contributed by atoms with E-state index in [9.17, 15) is 10.1 Å². The quantitative estimate of drug-likeness (QED) is 0.333. The van der Waals surface area contributed by atoms with E-state index in [1.807, 2.05) is 0 Å². The zero-order chi connectivity index (χ0) is 16.0. The maximum Gasteiger partial charge on any atom is 0.312 e. The molecule has 0 spiro atoms. The summed E-state index contributed by atoms with van der Waals surface area (Å²) in [6.07, 6.45) is 2.83. The minimum absolute atomic E-state index is 0.144.